The van der Waals surface area contributed by atoms with Gasteiger partial charge in [0.05, 0.1) is 0 Å². The van der Waals surface area contributed by atoms with Crippen LogP contribution in [-0.4, -0.2) is 37.0 Å². The van der Waals surface area contributed by atoms with Gasteiger partial charge in [-0.3, -0.25) is 4.79 Å². The molecule has 1 N–H and O–H groups in total. The summed E-state index contributed by atoms with van der Waals surface area (Å²) >= 11 is 0. The second-order valence-corrected chi connectivity index (χ2v) is 5.34. The van der Waals surface area contributed by atoms with Crippen LogP contribution >= 0.6 is 12.4 Å². The molecule has 0 bridgehead atoms. The van der Waals surface area contributed by atoms with Crippen LogP contribution in [0.3, 0.4) is 0 Å². The van der Waals surface area contributed by atoms with Gasteiger partial charge in [0.1, 0.15) is 0 Å². The van der Waals surface area contributed by atoms with Crippen LogP contribution in [0.5, 0.6) is 0 Å². The molecule has 0 spiro atoms. The van der Waals surface area contributed by atoms with Crippen molar-refractivity contribution in [3.8, 4) is 0 Å². The van der Waals surface area contributed by atoms with Gasteiger partial charge in [0.15, 0.2) is 0 Å². The molecular weight excluding hydrogens is 260 g/mol. The zero-order valence-electron chi connectivity index (χ0n) is 12.1. The Labute approximate surface area is 121 Å². The first-order valence-electron chi connectivity index (χ1n) is 6.56. The highest BCUT2D eigenvalue weighted by molar-refractivity contribution is 5.97. The maximum atomic E-state index is 12.6. The number of halogens is 1. The largest absolute Gasteiger partial charge is 0.337 e. The Morgan fingerprint density at radius 1 is 1.26 bits per heavy atom. The molecule has 0 aliphatic carbocycles. The first-order chi connectivity index (χ1) is 8.50. The third-order valence-electron chi connectivity index (χ3n) is 3.79. The Balaban J connectivity index is 0.00000180. The summed E-state index contributed by atoms with van der Waals surface area (Å²) in [7, 11) is 1.92. The maximum absolute atomic E-state index is 12.6. The topological polar surface area (TPSA) is 32.3 Å². The predicted octanol–water partition coefficient (Wildman–Crippen LogP) is 2.47. The number of carbonyl (C=O) groups excluding carboxylic acids is 1. The second-order valence-electron chi connectivity index (χ2n) is 5.34. The van der Waals surface area contributed by atoms with Crippen molar-refractivity contribution in [1.29, 1.82) is 0 Å². The number of nitrogens with zero attached hydrogens (tertiary/aromatic N) is 1. The van der Waals surface area contributed by atoms with E-state index >= 15 is 0 Å². The molecule has 19 heavy (non-hydrogen) atoms. The molecule has 0 radical (unpaired) electrons. The minimum atomic E-state index is 0. The van der Waals surface area contributed by atoms with Gasteiger partial charge >= 0.3 is 0 Å². The fourth-order valence-electron chi connectivity index (χ4n) is 2.83. The first kappa shape index (κ1) is 16.0. The fourth-order valence-corrected chi connectivity index (χ4v) is 2.83. The lowest BCUT2D eigenvalue weighted by Gasteiger charge is -2.25. The fraction of sp³-hybridized carbons (Fsp3) is 0.533. The number of carbonyl (C=O) groups is 1. The van der Waals surface area contributed by atoms with Gasteiger partial charge in [-0.05, 0) is 44.9 Å². The molecule has 1 aromatic rings. The van der Waals surface area contributed by atoms with Crippen LogP contribution in [0.15, 0.2) is 12.1 Å². The normalized spacial score (nSPS) is 18.0. The van der Waals surface area contributed by atoms with E-state index in [2.05, 4.69) is 24.4 Å². The average Bonchev–Trinajstić information content (AvgIpc) is 2.79. The van der Waals surface area contributed by atoms with Crippen LogP contribution in [0.25, 0.3) is 0 Å². The number of likely N-dealkylation sites (N-methyl/N-ethyl adjacent to an activating group) is 1. The van der Waals surface area contributed by atoms with Gasteiger partial charge in [0.25, 0.3) is 5.91 Å². The third-order valence-corrected chi connectivity index (χ3v) is 3.79. The zero-order chi connectivity index (χ0) is 13.3. The molecule has 1 atom stereocenters. The highest BCUT2D eigenvalue weighted by Gasteiger charge is 2.25. The van der Waals surface area contributed by atoms with Crippen LogP contribution in [0.1, 0.15) is 33.5 Å². The Morgan fingerprint density at radius 2 is 1.84 bits per heavy atom. The Morgan fingerprint density at radius 3 is 2.32 bits per heavy atom. The molecule has 1 saturated heterocycles. The summed E-state index contributed by atoms with van der Waals surface area (Å²) in [6, 6.07) is 4.50. The highest BCUT2D eigenvalue weighted by atomic mass is 35.5. The summed E-state index contributed by atoms with van der Waals surface area (Å²) in [5.41, 5.74) is 4.24. The van der Waals surface area contributed by atoms with Crippen LogP contribution in [0.4, 0.5) is 0 Å². The van der Waals surface area contributed by atoms with E-state index in [1.165, 1.54) is 5.56 Å². The number of aryl methyl sites for hydroxylation is 3. The van der Waals surface area contributed by atoms with Crippen LogP contribution < -0.4 is 5.32 Å². The number of amides is 1. The monoisotopic (exact) mass is 282 g/mol. The van der Waals surface area contributed by atoms with Gasteiger partial charge in [0, 0.05) is 25.2 Å². The number of rotatable bonds is 2. The van der Waals surface area contributed by atoms with Gasteiger partial charge in [-0.1, -0.05) is 17.7 Å². The standard InChI is InChI=1S/C15H22N2O.ClH/c1-10-7-11(2)14(12(3)8-10)15(18)17(4)13-5-6-16-9-13;/h7-8,13,16H,5-6,9H2,1-4H3;1H. The summed E-state index contributed by atoms with van der Waals surface area (Å²) in [6.07, 6.45) is 1.05. The molecule has 0 aromatic heterocycles. The Bertz CT molecular complexity index is 444. The lowest BCUT2D eigenvalue weighted by atomic mass is 9.98. The summed E-state index contributed by atoms with van der Waals surface area (Å²) in [4.78, 5) is 14.5. The van der Waals surface area contributed by atoms with E-state index in [-0.39, 0.29) is 18.3 Å². The predicted molar refractivity (Wildman–Crippen MR) is 81.3 cm³/mol. The number of benzene rings is 1. The van der Waals surface area contributed by atoms with Crippen molar-refractivity contribution in [3.05, 3.63) is 34.4 Å². The van der Waals surface area contributed by atoms with Crippen molar-refractivity contribution >= 4 is 18.3 Å². The summed E-state index contributed by atoms with van der Waals surface area (Å²) < 4.78 is 0. The first-order valence-corrected chi connectivity index (χ1v) is 6.56. The van der Waals surface area contributed by atoms with E-state index in [1.54, 1.807) is 0 Å². The summed E-state index contributed by atoms with van der Waals surface area (Å²) in [6.45, 7) is 8.03. The highest BCUT2D eigenvalue weighted by Crippen LogP contribution is 2.20. The van der Waals surface area contributed by atoms with Gasteiger partial charge in [-0.2, -0.15) is 0 Å². The third kappa shape index (κ3) is 3.28. The van der Waals surface area contributed by atoms with E-state index in [4.69, 9.17) is 0 Å². The molecule has 1 fully saturated rings. The van der Waals surface area contributed by atoms with E-state index in [9.17, 15) is 4.79 Å². The maximum Gasteiger partial charge on any atom is 0.254 e. The molecule has 0 saturated carbocycles. The van der Waals surface area contributed by atoms with Crippen molar-refractivity contribution in [1.82, 2.24) is 10.2 Å². The van der Waals surface area contributed by atoms with Gasteiger partial charge in [-0.25, -0.2) is 0 Å². The van der Waals surface area contributed by atoms with Gasteiger partial charge < -0.3 is 10.2 Å². The number of hydrogen-bond donors (Lipinski definition) is 1. The van der Waals surface area contributed by atoms with Crippen molar-refractivity contribution in [2.24, 2.45) is 0 Å². The SMILES string of the molecule is Cc1cc(C)c(C(=O)N(C)C2CCNC2)c(C)c1.Cl. The van der Waals surface area contributed by atoms with Gasteiger partial charge in [-0.15, -0.1) is 12.4 Å². The van der Waals surface area contributed by atoms with E-state index < -0.39 is 0 Å². The second kappa shape index (κ2) is 6.40. The van der Waals surface area contributed by atoms with Crippen molar-refractivity contribution in [3.63, 3.8) is 0 Å². The smallest absolute Gasteiger partial charge is 0.254 e. The minimum absolute atomic E-state index is 0. The molecule has 106 valence electrons. The molecule has 1 aliphatic rings. The van der Waals surface area contributed by atoms with Gasteiger partial charge in [0.2, 0.25) is 0 Å². The minimum Gasteiger partial charge on any atom is -0.337 e. The molecular formula is C15H23ClN2O. The molecule has 1 aliphatic heterocycles. The molecule has 4 heteroatoms. The number of hydrogen-bond acceptors (Lipinski definition) is 2. The van der Waals surface area contributed by atoms with Crippen LogP contribution in [-0.2, 0) is 0 Å². The molecule has 1 heterocycles. The van der Waals surface area contributed by atoms with Crippen LogP contribution in [0.2, 0.25) is 0 Å². The summed E-state index contributed by atoms with van der Waals surface area (Å²) in [5, 5.41) is 3.30. The quantitative estimate of drug-likeness (QED) is 0.904. The lowest BCUT2D eigenvalue weighted by Crippen LogP contribution is -2.39. The van der Waals surface area contributed by atoms with Crippen molar-refractivity contribution < 1.29 is 4.79 Å². The van der Waals surface area contributed by atoms with E-state index in [1.807, 2.05) is 25.8 Å². The molecule has 2 rings (SSSR count). The molecule has 1 aromatic carbocycles. The van der Waals surface area contributed by atoms with Crippen LogP contribution in [0, 0.1) is 20.8 Å². The number of nitrogens with one attached hydrogen (secondary N) is 1. The van der Waals surface area contributed by atoms with E-state index in [0.717, 1.165) is 36.2 Å². The average molecular weight is 283 g/mol. The zero-order valence-corrected chi connectivity index (χ0v) is 12.9. The Hall–Kier alpha value is -1.06. The Kier molecular flexibility index (Phi) is 5.39. The van der Waals surface area contributed by atoms with Crippen molar-refractivity contribution in [2.75, 3.05) is 20.1 Å². The molecule has 1 amide bonds. The lowest BCUT2D eigenvalue weighted by molar-refractivity contribution is 0.0742. The van der Waals surface area contributed by atoms with Crippen molar-refractivity contribution in [2.45, 2.75) is 33.2 Å². The molecule has 1 unspecified atom stereocenters. The summed E-state index contributed by atoms with van der Waals surface area (Å²) in [5.74, 6) is 0.152. The molecule has 3 nitrogen and oxygen atoms in total. The van der Waals surface area contributed by atoms with E-state index in [0.29, 0.717) is 6.04 Å².